The molecule has 0 atom stereocenters. The molecule has 4 nitrogen and oxygen atoms in total. The molecule has 0 aromatic carbocycles. The summed E-state index contributed by atoms with van der Waals surface area (Å²) in [6.45, 7) is 1.04. The maximum atomic E-state index is 9.77. The van der Waals surface area contributed by atoms with Crippen LogP contribution in [0.1, 0.15) is 0 Å². The number of hydrogen-bond acceptors (Lipinski definition) is 3. The Hall–Kier alpha value is 1.39. The van der Waals surface area contributed by atoms with Crippen LogP contribution in [-0.2, 0) is 4.79 Å². The van der Waals surface area contributed by atoms with E-state index >= 15 is 0 Å². The second-order valence-corrected chi connectivity index (χ2v) is 1.36. The topological polar surface area (TPSA) is 75.3 Å². The Morgan fingerprint density at radius 3 is 2.30 bits per heavy atom. The molecule has 52 valence electrons. The van der Waals surface area contributed by atoms with E-state index in [1.807, 2.05) is 0 Å². The number of carbonyl (C=O) groups is 1. The predicted molar refractivity (Wildman–Crippen MR) is 43.9 cm³/mol. The number of nitrogens with two attached hydrogens (primary N) is 1. The first kappa shape index (κ1) is 17.5. The van der Waals surface area contributed by atoms with Crippen LogP contribution in [0, 0.1) is 0 Å². The van der Waals surface area contributed by atoms with E-state index in [-0.39, 0.29) is 65.7 Å². The SMILES string of the molecule is NCCNCC(=O)O.[NaH].[NaH]. The van der Waals surface area contributed by atoms with E-state index < -0.39 is 5.97 Å². The van der Waals surface area contributed by atoms with E-state index in [1.165, 1.54) is 0 Å². The molecule has 0 rings (SSSR count). The molecule has 10 heavy (non-hydrogen) atoms. The fourth-order valence-corrected chi connectivity index (χ4v) is 0.297. The number of carboxylic acids is 1. The molecular weight excluding hydrogens is 154 g/mol. The van der Waals surface area contributed by atoms with Gasteiger partial charge in [-0.1, -0.05) is 0 Å². The molecule has 0 aromatic rings. The van der Waals surface area contributed by atoms with Crippen molar-refractivity contribution in [2.75, 3.05) is 19.6 Å². The molecule has 0 amide bonds. The Kier molecular flexibility index (Phi) is 22.7. The van der Waals surface area contributed by atoms with Gasteiger partial charge >= 0.3 is 65.1 Å². The van der Waals surface area contributed by atoms with Gasteiger partial charge in [-0.2, -0.15) is 0 Å². The number of aliphatic carboxylic acids is 1. The minimum atomic E-state index is -0.849. The third-order valence-electron chi connectivity index (χ3n) is 0.597. The molecule has 0 saturated heterocycles. The molecule has 4 N–H and O–H groups in total. The van der Waals surface area contributed by atoms with Crippen molar-refractivity contribution >= 4 is 65.1 Å². The summed E-state index contributed by atoms with van der Waals surface area (Å²) >= 11 is 0. The normalized spacial score (nSPS) is 7.30. The first-order valence-electron chi connectivity index (χ1n) is 2.40. The van der Waals surface area contributed by atoms with Crippen molar-refractivity contribution < 1.29 is 9.90 Å². The van der Waals surface area contributed by atoms with Gasteiger partial charge < -0.3 is 16.2 Å². The summed E-state index contributed by atoms with van der Waals surface area (Å²) < 4.78 is 0. The van der Waals surface area contributed by atoms with Crippen LogP contribution in [0.5, 0.6) is 0 Å². The van der Waals surface area contributed by atoms with Crippen LogP contribution in [0.25, 0.3) is 0 Å². The van der Waals surface area contributed by atoms with Crippen molar-refractivity contribution in [2.45, 2.75) is 0 Å². The van der Waals surface area contributed by atoms with Gasteiger partial charge in [0.2, 0.25) is 0 Å². The van der Waals surface area contributed by atoms with Gasteiger partial charge in [0.05, 0.1) is 6.54 Å². The van der Waals surface area contributed by atoms with Crippen LogP contribution in [0.3, 0.4) is 0 Å². The fourth-order valence-electron chi connectivity index (χ4n) is 0.297. The summed E-state index contributed by atoms with van der Waals surface area (Å²) in [5, 5.41) is 10.6. The van der Waals surface area contributed by atoms with Gasteiger partial charge in [-0.15, -0.1) is 0 Å². The average molecular weight is 166 g/mol. The number of rotatable bonds is 4. The summed E-state index contributed by atoms with van der Waals surface area (Å²) in [5.74, 6) is -0.849. The predicted octanol–water partition coefficient (Wildman–Crippen LogP) is -2.68. The zero-order valence-electron chi connectivity index (χ0n) is 4.55. The zero-order valence-corrected chi connectivity index (χ0v) is 4.55. The van der Waals surface area contributed by atoms with Crippen molar-refractivity contribution in [3.63, 3.8) is 0 Å². The summed E-state index contributed by atoms with van der Waals surface area (Å²) in [6.07, 6.45) is 0. The number of nitrogens with one attached hydrogen (secondary N) is 1. The van der Waals surface area contributed by atoms with E-state index in [1.54, 1.807) is 0 Å². The third-order valence-corrected chi connectivity index (χ3v) is 0.597. The first-order chi connectivity index (χ1) is 3.77. The van der Waals surface area contributed by atoms with Crippen molar-refractivity contribution in [1.29, 1.82) is 0 Å². The Bertz CT molecular complexity index is 81.7. The van der Waals surface area contributed by atoms with Crippen LogP contribution in [0.15, 0.2) is 0 Å². The second kappa shape index (κ2) is 13.0. The van der Waals surface area contributed by atoms with Crippen molar-refractivity contribution in [3.05, 3.63) is 0 Å². The third kappa shape index (κ3) is 16.2. The number of carboxylic acid groups (broad SMARTS) is 1. The van der Waals surface area contributed by atoms with Crippen LogP contribution in [-0.4, -0.2) is 89.8 Å². The molecule has 0 spiro atoms. The van der Waals surface area contributed by atoms with Gasteiger partial charge in [0.25, 0.3) is 0 Å². The van der Waals surface area contributed by atoms with Crippen molar-refractivity contribution in [3.8, 4) is 0 Å². The van der Waals surface area contributed by atoms with Crippen LogP contribution < -0.4 is 11.1 Å². The first-order valence-corrected chi connectivity index (χ1v) is 2.40. The summed E-state index contributed by atoms with van der Waals surface area (Å²) in [7, 11) is 0. The van der Waals surface area contributed by atoms with Crippen LogP contribution in [0.4, 0.5) is 0 Å². The molecular formula is C4H12N2Na2O2. The zero-order chi connectivity index (χ0) is 6.41. The fraction of sp³-hybridized carbons (Fsp3) is 0.750. The Morgan fingerprint density at radius 2 is 2.00 bits per heavy atom. The molecule has 0 aromatic heterocycles. The monoisotopic (exact) mass is 166 g/mol. The molecule has 0 saturated carbocycles. The van der Waals surface area contributed by atoms with Gasteiger partial charge in [0.1, 0.15) is 0 Å². The van der Waals surface area contributed by atoms with Gasteiger partial charge in [0, 0.05) is 13.1 Å². The second-order valence-electron chi connectivity index (χ2n) is 1.36. The summed E-state index contributed by atoms with van der Waals surface area (Å²) in [6, 6.07) is 0. The molecule has 0 aliphatic rings. The molecule has 0 radical (unpaired) electrons. The minimum absolute atomic E-state index is 0. The van der Waals surface area contributed by atoms with Crippen molar-refractivity contribution in [1.82, 2.24) is 5.32 Å². The van der Waals surface area contributed by atoms with Gasteiger partial charge in [-0.05, 0) is 0 Å². The molecule has 0 aliphatic carbocycles. The van der Waals surface area contributed by atoms with Gasteiger partial charge in [-0.25, -0.2) is 0 Å². The molecule has 0 unspecified atom stereocenters. The van der Waals surface area contributed by atoms with E-state index in [0.717, 1.165) is 0 Å². The average Bonchev–Trinajstić information content (AvgIpc) is 1.66. The van der Waals surface area contributed by atoms with Crippen LogP contribution >= 0.6 is 0 Å². The van der Waals surface area contributed by atoms with Crippen LogP contribution in [0.2, 0.25) is 0 Å². The van der Waals surface area contributed by atoms with E-state index in [0.29, 0.717) is 13.1 Å². The molecule has 0 aliphatic heterocycles. The molecule has 6 heteroatoms. The maximum absolute atomic E-state index is 9.77. The van der Waals surface area contributed by atoms with E-state index in [2.05, 4.69) is 5.32 Å². The number of hydrogen-bond donors (Lipinski definition) is 3. The Balaban J connectivity index is -0.000000245. The van der Waals surface area contributed by atoms with E-state index in [4.69, 9.17) is 10.8 Å². The van der Waals surface area contributed by atoms with E-state index in [9.17, 15) is 4.79 Å². The van der Waals surface area contributed by atoms with Crippen molar-refractivity contribution in [2.24, 2.45) is 5.73 Å². The molecule has 0 fully saturated rings. The Labute approximate surface area is 105 Å². The molecule has 0 bridgehead atoms. The Morgan fingerprint density at radius 1 is 1.50 bits per heavy atom. The van der Waals surface area contributed by atoms with Gasteiger partial charge in [0.15, 0.2) is 0 Å². The summed E-state index contributed by atoms with van der Waals surface area (Å²) in [5.41, 5.74) is 5.06. The standard InChI is InChI=1S/C4H10N2O2.2Na.2H/c5-1-2-6-3-4(7)8;;;;/h6H,1-3,5H2,(H,7,8);;;;. The van der Waals surface area contributed by atoms with Gasteiger partial charge in [-0.3, -0.25) is 4.79 Å². The summed E-state index contributed by atoms with van der Waals surface area (Å²) in [4.78, 5) is 9.77. The quantitative estimate of drug-likeness (QED) is 0.314. The molecule has 0 heterocycles.